The summed E-state index contributed by atoms with van der Waals surface area (Å²) in [4.78, 5) is 8.18. The quantitative estimate of drug-likeness (QED) is 0.864. The molecule has 1 heterocycles. The maximum absolute atomic E-state index is 5.71. The molecule has 0 aliphatic rings. The molecular formula is C14H17N3O2. The van der Waals surface area contributed by atoms with E-state index < -0.39 is 0 Å². The highest BCUT2D eigenvalue weighted by Crippen LogP contribution is 2.21. The van der Waals surface area contributed by atoms with Gasteiger partial charge in [-0.2, -0.15) is 0 Å². The number of nitrogens with zero attached hydrogens (tertiary/aromatic N) is 2. The highest BCUT2D eigenvalue weighted by molar-refractivity contribution is 5.39. The lowest BCUT2D eigenvalue weighted by Crippen LogP contribution is -2.00. The molecule has 5 heteroatoms. The molecule has 2 rings (SSSR count). The standard InChI is InChI=1S/C14H17N3O2/c1-3-15-13-8-14(17-10-16-13)19-12-6-4-5-11(7-12)9-18-2/h4-8,10H,3,9H2,1-2H3,(H,15,16,17). The van der Waals surface area contributed by atoms with Crippen LogP contribution in [-0.2, 0) is 11.3 Å². The molecule has 5 nitrogen and oxygen atoms in total. The number of hydrogen-bond donors (Lipinski definition) is 1. The number of nitrogens with one attached hydrogen (secondary N) is 1. The van der Waals surface area contributed by atoms with Gasteiger partial charge in [0.1, 0.15) is 17.9 Å². The molecule has 0 saturated carbocycles. The minimum atomic E-state index is 0.514. The first kappa shape index (κ1) is 13.3. The summed E-state index contributed by atoms with van der Waals surface area (Å²) in [6, 6.07) is 9.50. The molecule has 1 aromatic heterocycles. The van der Waals surface area contributed by atoms with Crippen LogP contribution in [0.25, 0.3) is 0 Å². The van der Waals surface area contributed by atoms with E-state index in [-0.39, 0.29) is 0 Å². The molecule has 0 aliphatic carbocycles. The minimum Gasteiger partial charge on any atom is -0.439 e. The van der Waals surface area contributed by atoms with Crippen LogP contribution in [0.3, 0.4) is 0 Å². The topological polar surface area (TPSA) is 56.3 Å². The molecule has 0 spiro atoms. The Balaban J connectivity index is 2.11. The number of rotatable bonds is 6. The predicted molar refractivity (Wildman–Crippen MR) is 73.4 cm³/mol. The third-order valence-corrected chi connectivity index (χ3v) is 2.43. The highest BCUT2D eigenvalue weighted by atomic mass is 16.5. The van der Waals surface area contributed by atoms with E-state index in [0.29, 0.717) is 12.5 Å². The van der Waals surface area contributed by atoms with Crippen LogP contribution < -0.4 is 10.1 Å². The van der Waals surface area contributed by atoms with Crippen molar-refractivity contribution in [1.82, 2.24) is 9.97 Å². The van der Waals surface area contributed by atoms with E-state index in [1.807, 2.05) is 31.2 Å². The Morgan fingerprint density at radius 1 is 1.21 bits per heavy atom. The number of methoxy groups -OCH3 is 1. The molecule has 100 valence electrons. The average Bonchev–Trinajstić information content (AvgIpc) is 2.40. The van der Waals surface area contributed by atoms with Gasteiger partial charge in [0.25, 0.3) is 0 Å². The molecule has 0 aliphatic heterocycles. The third kappa shape index (κ3) is 3.93. The van der Waals surface area contributed by atoms with E-state index in [1.165, 1.54) is 6.33 Å². The molecular weight excluding hydrogens is 242 g/mol. The molecule has 0 amide bonds. The number of aromatic nitrogens is 2. The van der Waals surface area contributed by atoms with Crippen molar-refractivity contribution in [2.75, 3.05) is 19.0 Å². The van der Waals surface area contributed by atoms with Gasteiger partial charge in [0.05, 0.1) is 6.61 Å². The zero-order chi connectivity index (χ0) is 13.5. The molecule has 1 N–H and O–H groups in total. The van der Waals surface area contributed by atoms with Gasteiger partial charge >= 0.3 is 0 Å². The first-order chi connectivity index (χ1) is 9.31. The Morgan fingerprint density at radius 3 is 2.89 bits per heavy atom. The monoisotopic (exact) mass is 259 g/mol. The zero-order valence-electron chi connectivity index (χ0n) is 11.1. The normalized spacial score (nSPS) is 10.2. The van der Waals surface area contributed by atoms with Gasteiger partial charge in [-0.3, -0.25) is 0 Å². The maximum Gasteiger partial charge on any atom is 0.224 e. The van der Waals surface area contributed by atoms with Crippen molar-refractivity contribution in [1.29, 1.82) is 0 Å². The number of hydrogen-bond acceptors (Lipinski definition) is 5. The zero-order valence-corrected chi connectivity index (χ0v) is 11.1. The van der Waals surface area contributed by atoms with Crippen molar-refractivity contribution >= 4 is 5.82 Å². The maximum atomic E-state index is 5.71. The number of benzene rings is 1. The third-order valence-electron chi connectivity index (χ3n) is 2.43. The van der Waals surface area contributed by atoms with Crippen molar-refractivity contribution in [2.45, 2.75) is 13.5 Å². The average molecular weight is 259 g/mol. The van der Waals surface area contributed by atoms with Crippen molar-refractivity contribution in [3.05, 3.63) is 42.2 Å². The predicted octanol–water partition coefficient (Wildman–Crippen LogP) is 2.85. The largest absolute Gasteiger partial charge is 0.439 e. The smallest absolute Gasteiger partial charge is 0.224 e. The van der Waals surface area contributed by atoms with Gasteiger partial charge in [-0.25, -0.2) is 9.97 Å². The summed E-state index contributed by atoms with van der Waals surface area (Å²) in [5.74, 6) is 2.00. The summed E-state index contributed by atoms with van der Waals surface area (Å²) in [7, 11) is 1.67. The summed E-state index contributed by atoms with van der Waals surface area (Å²) in [6.07, 6.45) is 1.48. The lowest BCUT2D eigenvalue weighted by molar-refractivity contribution is 0.184. The molecule has 0 unspecified atom stereocenters. The van der Waals surface area contributed by atoms with Crippen LogP contribution in [0.5, 0.6) is 11.6 Å². The van der Waals surface area contributed by atoms with Crippen LogP contribution in [-0.4, -0.2) is 23.6 Å². The van der Waals surface area contributed by atoms with Crippen molar-refractivity contribution in [2.24, 2.45) is 0 Å². The summed E-state index contributed by atoms with van der Waals surface area (Å²) in [5, 5.41) is 3.11. The first-order valence-corrected chi connectivity index (χ1v) is 6.13. The van der Waals surface area contributed by atoms with Gasteiger partial charge in [0.15, 0.2) is 0 Å². The fraction of sp³-hybridized carbons (Fsp3) is 0.286. The summed E-state index contributed by atoms with van der Waals surface area (Å²) >= 11 is 0. The van der Waals surface area contributed by atoms with Gasteiger partial charge in [-0.05, 0) is 24.6 Å². The lowest BCUT2D eigenvalue weighted by atomic mass is 10.2. The van der Waals surface area contributed by atoms with E-state index in [1.54, 1.807) is 13.2 Å². The van der Waals surface area contributed by atoms with Gasteiger partial charge in [-0.15, -0.1) is 0 Å². The first-order valence-electron chi connectivity index (χ1n) is 6.13. The molecule has 0 saturated heterocycles. The minimum absolute atomic E-state index is 0.514. The summed E-state index contributed by atoms with van der Waals surface area (Å²) < 4.78 is 10.8. The SMILES string of the molecule is CCNc1cc(Oc2cccc(COC)c2)ncn1. The number of anilines is 1. The Hall–Kier alpha value is -2.14. The van der Waals surface area contributed by atoms with Gasteiger partial charge in [0.2, 0.25) is 5.88 Å². The molecule has 0 atom stereocenters. The molecule has 0 radical (unpaired) electrons. The van der Waals surface area contributed by atoms with E-state index in [9.17, 15) is 0 Å². The van der Waals surface area contributed by atoms with Gasteiger partial charge in [0, 0.05) is 19.7 Å². The highest BCUT2D eigenvalue weighted by Gasteiger charge is 2.02. The second-order valence-corrected chi connectivity index (χ2v) is 3.95. The Morgan fingerprint density at radius 2 is 2.11 bits per heavy atom. The van der Waals surface area contributed by atoms with E-state index in [0.717, 1.165) is 23.7 Å². The van der Waals surface area contributed by atoms with Crippen LogP contribution in [0.1, 0.15) is 12.5 Å². The summed E-state index contributed by atoms with van der Waals surface area (Å²) in [6.45, 7) is 3.38. The summed E-state index contributed by atoms with van der Waals surface area (Å²) in [5.41, 5.74) is 1.06. The van der Waals surface area contributed by atoms with Crippen molar-refractivity contribution in [3.8, 4) is 11.6 Å². The molecule has 0 bridgehead atoms. The fourth-order valence-corrected chi connectivity index (χ4v) is 1.66. The molecule has 19 heavy (non-hydrogen) atoms. The van der Waals surface area contributed by atoms with Crippen LogP contribution in [0.15, 0.2) is 36.7 Å². The Bertz CT molecular complexity index is 484. The Labute approximate surface area is 112 Å². The Kier molecular flexibility index (Phi) is 4.69. The molecule has 1 aromatic carbocycles. The van der Waals surface area contributed by atoms with Gasteiger partial charge < -0.3 is 14.8 Å². The lowest BCUT2D eigenvalue weighted by Gasteiger charge is -2.08. The molecule has 0 fully saturated rings. The molecule has 2 aromatic rings. The fourth-order valence-electron chi connectivity index (χ4n) is 1.66. The van der Waals surface area contributed by atoms with Crippen LogP contribution in [0, 0.1) is 0 Å². The van der Waals surface area contributed by atoms with E-state index in [4.69, 9.17) is 9.47 Å². The number of ether oxygens (including phenoxy) is 2. The van der Waals surface area contributed by atoms with Crippen LogP contribution in [0.2, 0.25) is 0 Å². The van der Waals surface area contributed by atoms with E-state index >= 15 is 0 Å². The van der Waals surface area contributed by atoms with Crippen LogP contribution >= 0.6 is 0 Å². The van der Waals surface area contributed by atoms with Gasteiger partial charge in [-0.1, -0.05) is 12.1 Å². The van der Waals surface area contributed by atoms with E-state index in [2.05, 4.69) is 15.3 Å². The van der Waals surface area contributed by atoms with Crippen molar-refractivity contribution in [3.63, 3.8) is 0 Å². The van der Waals surface area contributed by atoms with Crippen LogP contribution in [0.4, 0.5) is 5.82 Å². The second-order valence-electron chi connectivity index (χ2n) is 3.95. The second kappa shape index (κ2) is 6.70. The van der Waals surface area contributed by atoms with Crippen molar-refractivity contribution < 1.29 is 9.47 Å².